The Bertz CT molecular complexity index is 1230. The fraction of sp³-hybridized carbons (Fsp3) is 0.231. The average Bonchev–Trinajstić information content (AvgIpc) is 3.30. The lowest BCUT2D eigenvalue weighted by Gasteiger charge is -2.30. The van der Waals surface area contributed by atoms with Crippen LogP contribution in [0.5, 0.6) is 0 Å². The number of amides is 2. The van der Waals surface area contributed by atoms with Crippen LogP contribution >= 0.6 is 11.6 Å². The fourth-order valence-corrected chi connectivity index (χ4v) is 4.80. The van der Waals surface area contributed by atoms with Gasteiger partial charge in [-0.3, -0.25) is 14.4 Å². The summed E-state index contributed by atoms with van der Waals surface area (Å²) >= 11 is 6.13. The van der Waals surface area contributed by atoms with E-state index in [4.69, 9.17) is 16.4 Å². The van der Waals surface area contributed by atoms with E-state index in [2.05, 4.69) is 0 Å². The van der Waals surface area contributed by atoms with Gasteiger partial charge in [-0.15, -0.1) is 0 Å². The molecule has 0 radical (unpaired) electrons. The third-order valence-corrected chi connectivity index (χ3v) is 6.52. The number of nitrogens with zero attached hydrogens (tertiary/aromatic N) is 3. The number of imide groups is 1. The molecule has 0 N–H and O–H groups in total. The normalized spacial score (nSPS) is 22.1. The van der Waals surface area contributed by atoms with E-state index in [-0.39, 0.29) is 11.8 Å². The Hall–Kier alpha value is -3.35. The van der Waals surface area contributed by atoms with Crippen LogP contribution < -0.4 is 14.9 Å². The average molecular weight is 462 g/mol. The second-order valence-corrected chi connectivity index (χ2v) is 9.02. The van der Waals surface area contributed by atoms with Gasteiger partial charge in [0.25, 0.3) is 5.91 Å². The number of para-hydroxylation sites is 1. The summed E-state index contributed by atoms with van der Waals surface area (Å²) in [4.78, 5) is 36.5. The molecule has 3 atom stereocenters. The van der Waals surface area contributed by atoms with Gasteiger partial charge in [-0.1, -0.05) is 48.0 Å². The first kappa shape index (κ1) is 21.5. The van der Waals surface area contributed by atoms with Crippen molar-refractivity contribution in [1.82, 2.24) is 0 Å². The molecule has 3 aromatic carbocycles. The molecule has 2 aliphatic heterocycles. The second kappa shape index (κ2) is 8.21. The highest BCUT2D eigenvalue weighted by Gasteiger charge is 2.60. The van der Waals surface area contributed by atoms with Crippen molar-refractivity contribution in [2.75, 3.05) is 29.0 Å². The van der Waals surface area contributed by atoms with E-state index in [9.17, 15) is 9.59 Å². The molecule has 0 spiro atoms. The fourth-order valence-electron chi connectivity index (χ4n) is 4.61. The first-order chi connectivity index (χ1) is 15.9. The number of hydroxylamine groups is 1. The Morgan fingerprint density at radius 3 is 2.30 bits per heavy atom. The Morgan fingerprint density at radius 1 is 0.909 bits per heavy atom. The van der Waals surface area contributed by atoms with Gasteiger partial charge in [-0.05, 0) is 54.4 Å². The Kier molecular flexibility index (Phi) is 5.35. The van der Waals surface area contributed by atoms with E-state index in [1.54, 1.807) is 29.3 Å². The topological polar surface area (TPSA) is 53.1 Å². The van der Waals surface area contributed by atoms with Gasteiger partial charge >= 0.3 is 0 Å². The monoisotopic (exact) mass is 461 g/mol. The molecule has 2 saturated heterocycles. The molecule has 0 bridgehead atoms. The van der Waals surface area contributed by atoms with E-state index in [0.717, 1.165) is 22.5 Å². The van der Waals surface area contributed by atoms with Gasteiger partial charge in [0.1, 0.15) is 5.92 Å². The smallest absolute Gasteiger partial charge is 0.266 e. The molecule has 3 aromatic rings. The van der Waals surface area contributed by atoms with Crippen LogP contribution in [0.25, 0.3) is 0 Å². The summed E-state index contributed by atoms with van der Waals surface area (Å²) in [7, 11) is 3.96. The maximum absolute atomic E-state index is 13.7. The first-order valence-corrected chi connectivity index (χ1v) is 11.2. The van der Waals surface area contributed by atoms with Crippen LogP contribution in [-0.2, 0) is 14.4 Å². The van der Waals surface area contributed by atoms with Crippen LogP contribution in [0.3, 0.4) is 0 Å². The van der Waals surface area contributed by atoms with E-state index >= 15 is 0 Å². The molecular formula is C26H24ClN3O3. The lowest BCUT2D eigenvalue weighted by Crippen LogP contribution is -2.37. The Balaban J connectivity index is 1.59. The van der Waals surface area contributed by atoms with Crippen molar-refractivity contribution in [1.29, 1.82) is 0 Å². The van der Waals surface area contributed by atoms with Crippen LogP contribution in [0, 0.1) is 12.8 Å². The van der Waals surface area contributed by atoms with Crippen molar-refractivity contribution in [2.45, 2.75) is 19.1 Å². The number of carbonyl (C=O) groups is 2. The molecule has 5 rings (SSSR count). The highest BCUT2D eigenvalue weighted by atomic mass is 35.5. The lowest BCUT2D eigenvalue weighted by molar-refractivity contribution is -0.126. The molecule has 2 aliphatic rings. The number of hydrogen-bond donors (Lipinski definition) is 0. The zero-order valence-electron chi connectivity index (χ0n) is 18.6. The highest BCUT2D eigenvalue weighted by Crippen LogP contribution is 2.48. The third kappa shape index (κ3) is 3.56. The van der Waals surface area contributed by atoms with Crippen LogP contribution in [0.2, 0.25) is 5.02 Å². The van der Waals surface area contributed by atoms with Gasteiger partial charge in [0.05, 0.1) is 17.4 Å². The molecule has 0 unspecified atom stereocenters. The molecule has 0 aliphatic carbocycles. The summed E-state index contributed by atoms with van der Waals surface area (Å²) in [5, 5.41) is 2.20. The largest absolute Gasteiger partial charge is 0.378 e. The van der Waals surface area contributed by atoms with Gasteiger partial charge in [0.15, 0.2) is 6.10 Å². The number of anilines is 3. The molecule has 168 valence electrons. The minimum atomic E-state index is -0.908. The van der Waals surface area contributed by atoms with Crippen molar-refractivity contribution in [3.63, 3.8) is 0 Å². The van der Waals surface area contributed by atoms with Crippen molar-refractivity contribution in [2.24, 2.45) is 5.92 Å². The van der Waals surface area contributed by atoms with Crippen LogP contribution in [-0.4, -0.2) is 32.0 Å². The minimum Gasteiger partial charge on any atom is -0.378 e. The lowest BCUT2D eigenvalue weighted by atomic mass is 9.90. The summed E-state index contributed by atoms with van der Waals surface area (Å²) in [6.07, 6.45) is -0.908. The predicted octanol–water partition coefficient (Wildman–Crippen LogP) is 4.77. The quantitative estimate of drug-likeness (QED) is 0.524. The maximum Gasteiger partial charge on any atom is 0.266 e. The molecule has 7 heteroatoms. The summed E-state index contributed by atoms with van der Waals surface area (Å²) < 4.78 is 0. The first-order valence-electron chi connectivity index (χ1n) is 10.8. The van der Waals surface area contributed by atoms with Crippen LogP contribution in [0.4, 0.5) is 17.1 Å². The zero-order chi connectivity index (χ0) is 23.3. The highest BCUT2D eigenvalue weighted by molar-refractivity contribution is 6.31. The van der Waals surface area contributed by atoms with Gasteiger partial charge in [-0.2, -0.15) is 0 Å². The van der Waals surface area contributed by atoms with E-state index in [0.29, 0.717) is 10.7 Å². The number of benzene rings is 3. The van der Waals surface area contributed by atoms with E-state index in [1.165, 1.54) is 4.90 Å². The summed E-state index contributed by atoms with van der Waals surface area (Å²) in [6, 6.07) is 22.1. The second-order valence-electron chi connectivity index (χ2n) is 8.59. The number of fused-ring (bicyclic) bond motifs is 1. The van der Waals surface area contributed by atoms with Gasteiger partial charge < -0.3 is 4.90 Å². The molecule has 2 amide bonds. The molecule has 0 saturated carbocycles. The molecule has 2 heterocycles. The standard InChI is InChI=1S/C26H24ClN3O3/c1-16-7-4-5-10-21(16)30-23(17-11-13-19(14-12-17)28(2)3)22-24(33-30)26(32)29(25(22)31)20-9-6-8-18(27)15-20/h4-15,22-24H,1-3H3/t22-,23-,24-/m0/s1. The number of rotatable bonds is 4. The minimum absolute atomic E-state index is 0.287. The Morgan fingerprint density at radius 2 is 1.64 bits per heavy atom. The summed E-state index contributed by atoms with van der Waals surface area (Å²) in [5.74, 6) is -1.34. The van der Waals surface area contributed by atoms with Gasteiger partial charge in [-0.25, -0.2) is 9.96 Å². The van der Waals surface area contributed by atoms with Crippen LogP contribution in [0.15, 0.2) is 72.8 Å². The SMILES string of the molecule is Cc1ccccc1N1O[C@@H]2C(=O)N(c3cccc(Cl)c3)C(=O)[C@H]2[C@@H]1c1ccc(N(C)C)cc1. The van der Waals surface area contributed by atoms with Gasteiger partial charge in [0.2, 0.25) is 5.91 Å². The van der Waals surface area contributed by atoms with Gasteiger partial charge in [0, 0.05) is 24.8 Å². The third-order valence-electron chi connectivity index (χ3n) is 6.29. The van der Waals surface area contributed by atoms with Crippen molar-refractivity contribution < 1.29 is 14.4 Å². The molecular weight excluding hydrogens is 438 g/mol. The molecule has 33 heavy (non-hydrogen) atoms. The molecule has 2 fully saturated rings. The predicted molar refractivity (Wildman–Crippen MR) is 129 cm³/mol. The number of aryl methyl sites for hydroxylation is 1. The van der Waals surface area contributed by atoms with E-state index in [1.807, 2.05) is 74.4 Å². The van der Waals surface area contributed by atoms with Crippen molar-refractivity contribution in [3.8, 4) is 0 Å². The number of hydrogen-bond acceptors (Lipinski definition) is 5. The number of carbonyl (C=O) groups excluding carboxylic acids is 2. The summed E-state index contributed by atoms with van der Waals surface area (Å²) in [6.45, 7) is 1.99. The van der Waals surface area contributed by atoms with Crippen LogP contribution in [0.1, 0.15) is 17.2 Å². The Labute approximate surface area is 197 Å². The maximum atomic E-state index is 13.7. The molecule has 0 aromatic heterocycles. The van der Waals surface area contributed by atoms with Crippen molar-refractivity contribution in [3.05, 3.63) is 88.9 Å². The van der Waals surface area contributed by atoms with E-state index < -0.39 is 18.1 Å². The van der Waals surface area contributed by atoms with Crippen molar-refractivity contribution >= 4 is 40.5 Å². The zero-order valence-corrected chi connectivity index (χ0v) is 19.4. The molecule has 6 nitrogen and oxygen atoms in total. The summed E-state index contributed by atoms with van der Waals surface area (Å²) in [5.41, 5.74) is 4.25. The number of halogens is 1.